The number of imide groups is 1. The molecule has 0 aliphatic carbocycles. The number of hydrogen-bond donors (Lipinski definition) is 2. The molecule has 3 amide bonds. The Bertz CT molecular complexity index is 2130. The molecule has 3 atom stereocenters. The summed E-state index contributed by atoms with van der Waals surface area (Å²) in [6.45, 7) is 13.0. The van der Waals surface area contributed by atoms with Crippen molar-refractivity contribution < 1.29 is 18.8 Å². The number of nitrogens with one attached hydrogen (secondary N) is 2. The molecular weight excluding hydrogens is 710 g/mol. The molecule has 3 fully saturated rings. The van der Waals surface area contributed by atoms with Gasteiger partial charge in [-0.15, -0.1) is 0 Å². The average Bonchev–Trinajstić information content (AvgIpc) is 3.71. The van der Waals surface area contributed by atoms with Crippen molar-refractivity contribution >= 4 is 40.1 Å². The minimum atomic E-state index is -1.35. The number of anilines is 2. The number of halogens is 1. The van der Waals surface area contributed by atoms with Crippen LogP contribution in [-0.4, -0.2) is 117 Å². The summed E-state index contributed by atoms with van der Waals surface area (Å²) in [5.74, 6) is 0.730. The summed E-state index contributed by atoms with van der Waals surface area (Å²) in [5.41, 5.74) is 5.69. The van der Waals surface area contributed by atoms with Gasteiger partial charge in [-0.3, -0.25) is 34.5 Å². The molecule has 7 heterocycles. The normalized spacial score (nSPS) is 24.2. The Balaban J connectivity index is 0.791. The zero-order valence-electron chi connectivity index (χ0n) is 32.6. The van der Waals surface area contributed by atoms with E-state index in [4.69, 9.17) is 9.97 Å². The first kappa shape index (κ1) is 36.7. The zero-order valence-corrected chi connectivity index (χ0v) is 32.6. The highest BCUT2D eigenvalue weighted by Crippen LogP contribution is 2.41. The second-order valence-corrected chi connectivity index (χ2v) is 17.2. The number of carbonyl (C=O) groups is 3. The third-order valence-electron chi connectivity index (χ3n) is 12.7. The van der Waals surface area contributed by atoms with Gasteiger partial charge in [0.15, 0.2) is 0 Å². The Morgan fingerprint density at radius 1 is 0.911 bits per heavy atom. The lowest BCUT2D eigenvalue weighted by Gasteiger charge is -2.42. The molecule has 0 spiro atoms. The van der Waals surface area contributed by atoms with E-state index >= 15 is 4.39 Å². The number of H-pyrrole nitrogens is 1. The fourth-order valence-electron chi connectivity index (χ4n) is 9.80. The zero-order chi connectivity index (χ0) is 38.7. The van der Waals surface area contributed by atoms with Gasteiger partial charge in [-0.1, -0.05) is 18.2 Å². The number of carbonyl (C=O) groups excluding carboxylic acids is 3. The highest BCUT2D eigenvalue weighted by Gasteiger charge is 2.41. The molecule has 12 nitrogen and oxygen atoms in total. The molecular formula is C43H52FN9O3. The molecule has 2 aromatic carbocycles. The van der Waals surface area contributed by atoms with Gasteiger partial charge in [0.1, 0.15) is 17.5 Å². The number of piperazine rings is 1. The predicted molar refractivity (Wildman–Crippen MR) is 213 cm³/mol. The van der Waals surface area contributed by atoms with Crippen molar-refractivity contribution in [2.24, 2.45) is 5.92 Å². The third-order valence-corrected chi connectivity index (χ3v) is 12.7. The van der Waals surface area contributed by atoms with Crippen molar-refractivity contribution in [2.75, 3.05) is 62.2 Å². The van der Waals surface area contributed by atoms with Gasteiger partial charge in [-0.25, -0.2) is 9.37 Å². The van der Waals surface area contributed by atoms with Crippen molar-refractivity contribution in [3.63, 3.8) is 0 Å². The van der Waals surface area contributed by atoms with Crippen LogP contribution in [0.15, 0.2) is 54.9 Å². The molecule has 0 saturated carbocycles. The SMILES string of the molecule is C[C@@H]1Cc2c([nH]c3ccccc23)[C@@H](c2cnc(N3CCC(CN4CCN(c5ccc6c(c5)CN(C5CCC(=O)NC5=O)C6=O)CC4)CC3)cn2)N1CC(C)(C)F. The van der Waals surface area contributed by atoms with Crippen LogP contribution in [0.4, 0.5) is 15.9 Å². The maximum absolute atomic E-state index is 15.2. The number of fused-ring (bicyclic) bond motifs is 4. The number of aromatic amines is 1. The van der Waals surface area contributed by atoms with Crippen molar-refractivity contribution in [3.8, 4) is 0 Å². The summed E-state index contributed by atoms with van der Waals surface area (Å²) in [4.78, 5) is 62.1. The van der Waals surface area contributed by atoms with Crippen molar-refractivity contribution in [3.05, 3.63) is 82.9 Å². The number of amides is 3. The molecule has 5 aliphatic rings. The summed E-state index contributed by atoms with van der Waals surface area (Å²) in [6, 6.07) is 13.8. The first-order valence-electron chi connectivity index (χ1n) is 20.3. The number of para-hydroxylation sites is 1. The highest BCUT2D eigenvalue weighted by atomic mass is 19.1. The quantitative estimate of drug-likeness (QED) is 0.243. The van der Waals surface area contributed by atoms with E-state index in [2.05, 4.69) is 61.1 Å². The smallest absolute Gasteiger partial charge is 0.255 e. The number of nitrogens with zero attached hydrogens (tertiary/aromatic N) is 7. The second kappa shape index (κ2) is 14.6. The molecule has 5 aliphatic heterocycles. The number of benzene rings is 2. The molecule has 1 unspecified atom stereocenters. The Morgan fingerprint density at radius 2 is 1.70 bits per heavy atom. The maximum Gasteiger partial charge on any atom is 0.255 e. The van der Waals surface area contributed by atoms with Crippen molar-refractivity contribution in [1.29, 1.82) is 0 Å². The highest BCUT2D eigenvalue weighted by molar-refractivity contribution is 6.05. The number of rotatable bonds is 8. The minimum Gasteiger partial charge on any atom is -0.369 e. The largest absolute Gasteiger partial charge is 0.369 e. The number of piperidine rings is 2. The Kier molecular flexibility index (Phi) is 9.56. The number of hydrogen-bond acceptors (Lipinski definition) is 9. The van der Waals surface area contributed by atoms with Gasteiger partial charge < -0.3 is 19.7 Å². The Morgan fingerprint density at radius 3 is 2.43 bits per heavy atom. The number of alkyl halides is 1. The summed E-state index contributed by atoms with van der Waals surface area (Å²) < 4.78 is 15.2. The molecule has 13 heteroatoms. The fraction of sp³-hybridized carbons (Fsp3) is 0.512. The van der Waals surface area contributed by atoms with Crippen LogP contribution in [0.5, 0.6) is 0 Å². The number of aromatic nitrogens is 3. The van der Waals surface area contributed by atoms with Gasteiger partial charge in [0.25, 0.3) is 5.91 Å². The van der Waals surface area contributed by atoms with E-state index in [1.165, 1.54) is 10.9 Å². The Labute approximate surface area is 327 Å². The van der Waals surface area contributed by atoms with E-state index in [9.17, 15) is 14.4 Å². The van der Waals surface area contributed by atoms with E-state index in [1.807, 2.05) is 30.6 Å². The van der Waals surface area contributed by atoms with Crippen LogP contribution in [0.3, 0.4) is 0 Å². The molecule has 9 rings (SSSR count). The molecule has 2 aromatic heterocycles. The third kappa shape index (κ3) is 7.04. The monoisotopic (exact) mass is 761 g/mol. The molecule has 2 N–H and O–H groups in total. The summed E-state index contributed by atoms with van der Waals surface area (Å²) >= 11 is 0. The average molecular weight is 762 g/mol. The maximum atomic E-state index is 15.2. The molecule has 4 aromatic rings. The summed E-state index contributed by atoms with van der Waals surface area (Å²) in [5, 5.41) is 3.61. The van der Waals surface area contributed by atoms with Crippen LogP contribution in [0.1, 0.15) is 85.4 Å². The van der Waals surface area contributed by atoms with Gasteiger partial charge in [0, 0.05) is 99.2 Å². The van der Waals surface area contributed by atoms with Gasteiger partial charge in [0.05, 0.1) is 24.1 Å². The second-order valence-electron chi connectivity index (χ2n) is 17.2. The van der Waals surface area contributed by atoms with Crippen molar-refractivity contribution in [2.45, 2.75) is 83.2 Å². The molecule has 0 radical (unpaired) electrons. The molecule has 56 heavy (non-hydrogen) atoms. The van der Waals surface area contributed by atoms with Gasteiger partial charge in [0.2, 0.25) is 11.8 Å². The van der Waals surface area contributed by atoms with E-state index in [1.54, 1.807) is 18.7 Å². The van der Waals surface area contributed by atoms with Crippen LogP contribution in [0.2, 0.25) is 0 Å². The van der Waals surface area contributed by atoms with E-state index in [-0.39, 0.29) is 36.2 Å². The molecule has 3 saturated heterocycles. The minimum absolute atomic E-state index is 0.134. The van der Waals surface area contributed by atoms with Crippen LogP contribution < -0.4 is 15.1 Å². The molecule has 294 valence electrons. The van der Waals surface area contributed by atoms with Crippen LogP contribution in [0, 0.1) is 5.92 Å². The van der Waals surface area contributed by atoms with Gasteiger partial charge in [-0.05, 0) is 87.8 Å². The van der Waals surface area contributed by atoms with Crippen LogP contribution in [0.25, 0.3) is 10.9 Å². The lowest BCUT2D eigenvalue weighted by molar-refractivity contribution is -0.136. The van der Waals surface area contributed by atoms with Gasteiger partial charge >= 0.3 is 0 Å². The van der Waals surface area contributed by atoms with E-state index in [0.29, 0.717) is 31.0 Å². The van der Waals surface area contributed by atoms with Gasteiger partial charge in [-0.2, -0.15) is 0 Å². The fourth-order valence-corrected chi connectivity index (χ4v) is 9.80. The Hall–Kier alpha value is -4.88. The predicted octanol–water partition coefficient (Wildman–Crippen LogP) is 4.84. The van der Waals surface area contributed by atoms with E-state index in [0.717, 1.165) is 99.0 Å². The standard InChI is InChI=1S/C43H52FN9O3/c1-27-20-33-32-6-4-5-7-34(32)47-39(33)40(53(27)26-43(2,3)44)35-22-46-37(23-45-35)51-14-12-28(13-15-51)24-49-16-18-50(19-17-49)30-8-9-31-29(21-30)25-52(42(31)56)36-10-11-38(54)48-41(36)55/h4-9,21-23,27-28,36,40,47H,10-20,24-26H2,1-3H3,(H,48,54,55)/t27-,36?,40-/m1/s1. The molecule has 0 bridgehead atoms. The summed E-state index contributed by atoms with van der Waals surface area (Å²) in [6.07, 6.45) is 7.50. The first-order chi connectivity index (χ1) is 27.0. The van der Waals surface area contributed by atoms with E-state index < -0.39 is 11.7 Å². The summed E-state index contributed by atoms with van der Waals surface area (Å²) in [7, 11) is 0. The van der Waals surface area contributed by atoms with Crippen LogP contribution >= 0.6 is 0 Å². The van der Waals surface area contributed by atoms with Crippen LogP contribution in [-0.2, 0) is 22.6 Å². The topological polar surface area (TPSA) is 121 Å². The lowest BCUT2D eigenvalue weighted by atomic mass is 9.89. The lowest BCUT2D eigenvalue weighted by Crippen LogP contribution is -2.52. The first-order valence-corrected chi connectivity index (χ1v) is 20.3. The van der Waals surface area contributed by atoms with Crippen molar-refractivity contribution in [1.82, 2.24) is 35.0 Å².